The third-order valence-corrected chi connectivity index (χ3v) is 4.70. The van der Waals surface area contributed by atoms with E-state index in [9.17, 15) is 8.78 Å². The van der Waals surface area contributed by atoms with Crippen LogP contribution in [0.4, 0.5) is 8.78 Å². The molecule has 0 saturated heterocycles. The smallest absolute Gasteiger partial charge is 0.387 e. The molecule has 0 fully saturated rings. The molecule has 1 aromatic carbocycles. The molecule has 1 aromatic heterocycles. The number of benzene rings is 1. The molecule has 0 radical (unpaired) electrons. The number of nitrogens with one attached hydrogen (secondary N) is 2. The number of guanidine groups is 1. The Morgan fingerprint density at radius 1 is 1.21 bits per heavy atom. The molecule has 7 nitrogen and oxygen atoms in total. The standard InChI is InChI=1S/C19H26F2N6O/c1-13-7-8-15(28-18(20)21)14(10-13)11-23-19(22-2)24-12-17-26-25-16-6-4-3-5-9-27(16)17/h7-8,10,18H,3-6,9,11-12H2,1-2H3,(H2,22,23,24). The third-order valence-electron chi connectivity index (χ3n) is 4.70. The van der Waals surface area contributed by atoms with E-state index in [2.05, 4.69) is 35.1 Å². The van der Waals surface area contributed by atoms with Crippen LogP contribution in [0.5, 0.6) is 5.75 Å². The van der Waals surface area contributed by atoms with Gasteiger partial charge in [-0.2, -0.15) is 8.78 Å². The van der Waals surface area contributed by atoms with Gasteiger partial charge in [-0.15, -0.1) is 10.2 Å². The Bertz CT molecular complexity index is 821. The molecule has 3 rings (SSSR count). The predicted molar refractivity (Wildman–Crippen MR) is 102 cm³/mol. The fourth-order valence-electron chi connectivity index (χ4n) is 3.30. The molecule has 0 aliphatic carbocycles. The highest BCUT2D eigenvalue weighted by molar-refractivity contribution is 5.79. The van der Waals surface area contributed by atoms with E-state index < -0.39 is 6.61 Å². The normalized spacial score (nSPS) is 14.5. The van der Waals surface area contributed by atoms with Gasteiger partial charge in [0, 0.05) is 32.1 Å². The summed E-state index contributed by atoms with van der Waals surface area (Å²) < 4.78 is 32.0. The Kier molecular flexibility index (Phi) is 6.78. The molecule has 2 aromatic rings. The van der Waals surface area contributed by atoms with E-state index in [0.717, 1.165) is 43.0 Å². The molecule has 0 saturated carbocycles. The van der Waals surface area contributed by atoms with Crippen LogP contribution < -0.4 is 15.4 Å². The molecule has 28 heavy (non-hydrogen) atoms. The quantitative estimate of drug-likeness (QED) is 0.584. The zero-order valence-electron chi connectivity index (χ0n) is 16.2. The molecule has 0 atom stereocenters. The van der Waals surface area contributed by atoms with Crippen molar-refractivity contribution >= 4 is 5.96 Å². The Morgan fingerprint density at radius 3 is 2.82 bits per heavy atom. The van der Waals surface area contributed by atoms with Gasteiger partial charge < -0.3 is 19.9 Å². The summed E-state index contributed by atoms with van der Waals surface area (Å²) in [7, 11) is 1.66. The Hall–Kier alpha value is -2.71. The predicted octanol–water partition coefficient (Wildman–Crippen LogP) is 2.78. The number of hydrogen-bond acceptors (Lipinski definition) is 4. The summed E-state index contributed by atoms with van der Waals surface area (Å²) in [4.78, 5) is 4.19. The number of hydrogen-bond donors (Lipinski definition) is 2. The zero-order valence-corrected chi connectivity index (χ0v) is 16.2. The summed E-state index contributed by atoms with van der Waals surface area (Å²) in [6.45, 7) is 0.771. The van der Waals surface area contributed by atoms with Crippen molar-refractivity contribution in [3.05, 3.63) is 41.0 Å². The van der Waals surface area contributed by atoms with Gasteiger partial charge in [0.1, 0.15) is 11.6 Å². The third kappa shape index (κ3) is 5.17. The second-order valence-corrected chi connectivity index (χ2v) is 6.76. The highest BCUT2D eigenvalue weighted by Gasteiger charge is 2.15. The molecule has 0 spiro atoms. The topological polar surface area (TPSA) is 76.4 Å². The summed E-state index contributed by atoms with van der Waals surface area (Å²) in [5, 5.41) is 14.9. The maximum Gasteiger partial charge on any atom is 0.387 e. The number of nitrogens with zero attached hydrogens (tertiary/aromatic N) is 4. The first kappa shape index (κ1) is 20.0. The fourth-order valence-corrected chi connectivity index (χ4v) is 3.30. The monoisotopic (exact) mass is 392 g/mol. The number of fused-ring (bicyclic) bond motifs is 1. The van der Waals surface area contributed by atoms with Crippen LogP contribution in [-0.2, 0) is 26.1 Å². The van der Waals surface area contributed by atoms with Gasteiger partial charge in [-0.1, -0.05) is 24.1 Å². The van der Waals surface area contributed by atoms with E-state index in [1.807, 2.05) is 13.0 Å². The molecule has 2 heterocycles. The zero-order chi connectivity index (χ0) is 19.9. The number of halogens is 2. The molecular weight excluding hydrogens is 366 g/mol. The van der Waals surface area contributed by atoms with Crippen LogP contribution in [0, 0.1) is 6.92 Å². The molecule has 9 heteroatoms. The van der Waals surface area contributed by atoms with Crippen molar-refractivity contribution in [3.8, 4) is 5.75 Å². The minimum absolute atomic E-state index is 0.159. The van der Waals surface area contributed by atoms with Gasteiger partial charge in [0.15, 0.2) is 11.8 Å². The number of ether oxygens (including phenoxy) is 1. The van der Waals surface area contributed by atoms with Crippen molar-refractivity contribution in [2.75, 3.05) is 7.05 Å². The molecular formula is C19H26F2N6O. The van der Waals surface area contributed by atoms with Crippen molar-refractivity contribution < 1.29 is 13.5 Å². The molecule has 1 aliphatic rings. The minimum atomic E-state index is -2.86. The van der Waals surface area contributed by atoms with Crippen LogP contribution in [0.3, 0.4) is 0 Å². The van der Waals surface area contributed by atoms with Crippen LogP contribution in [0.1, 0.15) is 42.0 Å². The van der Waals surface area contributed by atoms with E-state index >= 15 is 0 Å². The fraction of sp³-hybridized carbons (Fsp3) is 0.526. The van der Waals surface area contributed by atoms with E-state index in [1.54, 1.807) is 19.2 Å². The van der Waals surface area contributed by atoms with Crippen molar-refractivity contribution in [1.82, 2.24) is 25.4 Å². The second kappa shape index (κ2) is 9.48. The van der Waals surface area contributed by atoms with E-state index in [4.69, 9.17) is 0 Å². The lowest BCUT2D eigenvalue weighted by Gasteiger charge is -2.15. The summed E-state index contributed by atoms with van der Waals surface area (Å²) in [6, 6.07) is 5.11. The summed E-state index contributed by atoms with van der Waals surface area (Å²) >= 11 is 0. The van der Waals surface area contributed by atoms with Gasteiger partial charge in [-0.25, -0.2) is 0 Å². The van der Waals surface area contributed by atoms with E-state index in [1.165, 1.54) is 6.42 Å². The highest BCUT2D eigenvalue weighted by Crippen LogP contribution is 2.22. The first-order valence-electron chi connectivity index (χ1n) is 9.46. The van der Waals surface area contributed by atoms with Gasteiger partial charge in [-0.3, -0.25) is 4.99 Å². The molecule has 2 N–H and O–H groups in total. The number of aliphatic imine (C=N–C) groups is 1. The van der Waals surface area contributed by atoms with Crippen LogP contribution in [0.25, 0.3) is 0 Å². The average molecular weight is 392 g/mol. The Labute approximate surface area is 163 Å². The van der Waals surface area contributed by atoms with Gasteiger partial charge in [-0.05, 0) is 25.8 Å². The van der Waals surface area contributed by atoms with E-state index in [-0.39, 0.29) is 5.75 Å². The summed E-state index contributed by atoms with van der Waals surface area (Å²) in [5.41, 5.74) is 1.60. The highest BCUT2D eigenvalue weighted by atomic mass is 19.3. The van der Waals surface area contributed by atoms with Gasteiger partial charge >= 0.3 is 6.61 Å². The van der Waals surface area contributed by atoms with Gasteiger partial charge in [0.2, 0.25) is 0 Å². The molecule has 152 valence electrons. The molecule has 1 aliphatic heterocycles. The average Bonchev–Trinajstić information content (AvgIpc) is 2.90. The van der Waals surface area contributed by atoms with Crippen LogP contribution in [0.15, 0.2) is 23.2 Å². The molecule has 0 bridgehead atoms. The summed E-state index contributed by atoms with van der Waals surface area (Å²) in [5.74, 6) is 2.62. The van der Waals surface area contributed by atoms with Crippen molar-refractivity contribution in [1.29, 1.82) is 0 Å². The van der Waals surface area contributed by atoms with Gasteiger partial charge in [0.05, 0.1) is 6.54 Å². The van der Waals surface area contributed by atoms with Gasteiger partial charge in [0.25, 0.3) is 0 Å². The van der Waals surface area contributed by atoms with E-state index in [0.29, 0.717) is 24.6 Å². The Morgan fingerprint density at radius 2 is 2.04 bits per heavy atom. The van der Waals surface area contributed by atoms with Crippen molar-refractivity contribution in [2.45, 2.75) is 58.9 Å². The van der Waals surface area contributed by atoms with Crippen molar-refractivity contribution in [3.63, 3.8) is 0 Å². The maximum atomic E-state index is 12.6. The first-order chi connectivity index (χ1) is 13.6. The SMILES string of the molecule is CN=C(NCc1cc(C)ccc1OC(F)F)NCc1nnc2n1CCCCC2. The van der Waals surface area contributed by atoms with Crippen molar-refractivity contribution in [2.24, 2.45) is 4.99 Å². The minimum Gasteiger partial charge on any atom is -0.434 e. The molecule has 0 unspecified atom stereocenters. The van der Waals surface area contributed by atoms with Crippen LogP contribution >= 0.6 is 0 Å². The lowest BCUT2D eigenvalue weighted by molar-refractivity contribution is -0.0504. The second-order valence-electron chi connectivity index (χ2n) is 6.76. The lowest BCUT2D eigenvalue weighted by atomic mass is 10.1. The summed E-state index contributed by atoms with van der Waals surface area (Å²) in [6.07, 6.45) is 4.44. The van der Waals surface area contributed by atoms with Crippen LogP contribution in [0.2, 0.25) is 0 Å². The Balaban J connectivity index is 1.60. The number of rotatable bonds is 6. The number of aromatic nitrogens is 3. The lowest BCUT2D eigenvalue weighted by Crippen LogP contribution is -2.37. The van der Waals surface area contributed by atoms with Crippen LogP contribution in [-0.4, -0.2) is 34.4 Å². The largest absolute Gasteiger partial charge is 0.434 e. The molecule has 0 amide bonds. The maximum absolute atomic E-state index is 12.6. The number of aryl methyl sites for hydroxylation is 2. The first-order valence-corrected chi connectivity index (χ1v) is 9.46. The number of alkyl halides is 2.